The molecule has 2 aliphatic rings. The fourth-order valence-corrected chi connectivity index (χ4v) is 5.95. The highest BCUT2D eigenvalue weighted by molar-refractivity contribution is 8.01. The number of amides is 1. The van der Waals surface area contributed by atoms with Gasteiger partial charge in [0.2, 0.25) is 5.91 Å². The molecule has 1 aromatic heterocycles. The van der Waals surface area contributed by atoms with E-state index in [-0.39, 0.29) is 10.8 Å². The third kappa shape index (κ3) is 3.80. The molecule has 3 heterocycles. The molecule has 2 aromatic carbocycles. The van der Waals surface area contributed by atoms with Crippen LogP contribution in [0.3, 0.4) is 0 Å². The van der Waals surface area contributed by atoms with Crippen LogP contribution in [-0.2, 0) is 11.3 Å². The third-order valence-corrected chi connectivity index (χ3v) is 7.85. The topological polar surface area (TPSA) is 36.7 Å². The van der Waals surface area contributed by atoms with Crippen molar-refractivity contribution in [2.45, 2.75) is 31.2 Å². The quantitative estimate of drug-likeness (QED) is 0.501. The van der Waals surface area contributed by atoms with Crippen molar-refractivity contribution >= 4 is 28.4 Å². The first-order valence-corrected chi connectivity index (χ1v) is 11.8. The third-order valence-electron chi connectivity index (χ3n) is 6.29. The van der Waals surface area contributed by atoms with Gasteiger partial charge in [-0.2, -0.15) is 0 Å². The maximum absolute atomic E-state index is 12.8. The second-order valence-electron chi connectivity index (χ2n) is 8.13. The Morgan fingerprint density at radius 2 is 1.90 bits per heavy atom. The summed E-state index contributed by atoms with van der Waals surface area (Å²) in [5.41, 5.74) is 4.25. The second-order valence-corrected chi connectivity index (χ2v) is 9.47. The normalized spacial score (nSPS) is 17.9. The second kappa shape index (κ2) is 8.33. The van der Waals surface area contributed by atoms with Gasteiger partial charge in [-0.25, -0.2) is 0 Å². The van der Waals surface area contributed by atoms with Gasteiger partial charge < -0.3 is 14.2 Å². The number of benzene rings is 2. The highest BCUT2D eigenvalue weighted by Crippen LogP contribution is 2.45. The molecule has 3 aromatic rings. The highest BCUT2D eigenvalue weighted by atomic mass is 32.2. The molecule has 158 valence electrons. The van der Waals surface area contributed by atoms with Gasteiger partial charge in [0.15, 0.2) is 0 Å². The minimum Gasteiger partial charge on any atom is -0.459 e. The van der Waals surface area contributed by atoms with E-state index in [0.29, 0.717) is 12.3 Å². The number of fused-ring (bicyclic) bond motifs is 1. The molecule has 0 unspecified atom stereocenters. The van der Waals surface area contributed by atoms with E-state index in [0.717, 1.165) is 43.0 Å². The number of likely N-dealkylation sites (tertiary alicyclic amines) is 1. The predicted octanol–water partition coefficient (Wildman–Crippen LogP) is 5.66. The molecule has 0 atom stereocenters. The van der Waals surface area contributed by atoms with Crippen molar-refractivity contribution in [2.24, 2.45) is 0 Å². The molecule has 0 radical (unpaired) electrons. The monoisotopic (exact) mass is 430 g/mol. The number of hydrogen-bond acceptors (Lipinski definition) is 4. The summed E-state index contributed by atoms with van der Waals surface area (Å²) in [5, 5.41) is 2.37. The smallest absolute Gasteiger partial charge is 0.234 e. The number of allylic oxidation sites excluding steroid dienone is 1. The van der Waals surface area contributed by atoms with Crippen LogP contribution < -0.4 is 0 Å². The molecule has 0 bridgehead atoms. The van der Waals surface area contributed by atoms with Crippen molar-refractivity contribution in [1.82, 2.24) is 9.80 Å². The lowest BCUT2D eigenvalue weighted by Gasteiger charge is -2.43. The first-order chi connectivity index (χ1) is 15.2. The molecule has 31 heavy (non-hydrogen) atoms. The van der Waals surface area contributed by atoms with Gasteiger partial charge >= 0.3 is 0 Å². The highest BCUT2D eigenvalue weighted by Gasteiger charge is 2.47. The minimum atomic E-state index is -0.121. The van der Waals surface area contributed by atoms with Gasteiger partial charge in [0.05, 0.1) is 17.2 Å². The molecule has 5 heteroatoms. The Labute approximate surface area is 187 Å². The summed E-state index contributed by atoms with van der Waals surface area (Å²) in [6, 6.07) is 18.7. The summed E-state index contributed by atoms with van der Waals surface area (Å²) in [4.78, 5) is 17.0. The maximum atomic E-state index is 12.8. The molecule has 2 aliphatic heterocycles. The fraction of sp³-hybridized carbons (Fsp3) is 0.308. The van der Waals surface area contributed by atoms with Crippen LogP contribution in [-0.4, -0.2) is 39.4 Å². The number of rotatable bonds is 4. The van der Waals surface area contributed by atoms with Gasteiger partial charge in [0.25, 0.3) is 0 Å². The van der Waals surface area contributed by atoms with Gasteiger partial charge in [-0.15, -0.1) is 17.5 Å². The largest absolute Gasteiger partial charge is 0.459 e. The average molecular weight is 431 g/mol. The van der Waals surface area contributed by atoms with Crippen LogP contribution in [0.15, 0.2) is 77.0 Å². The summed E-state index contributed by atoms with van der Waals surface area (Å²) in [6.07, 6.45) is 5.88. The fourth-order valence-electron chi connectivity index (χ4n) is 4.61. The molecule has 1 spiro atoms. The Kier molecular flexibility index (Phi) is 5.39. The van der Waals surface area contributed by atoms with E-state index in [1.54, 1.807) is 11.8 Å². The zero-order valence-electron chi connectivity index (χ0n) is 17.7. The van der Waals surface area contributed by atoms with Crippen molar-refractivity contribution in [3.05, 3.63) is 78.4 Å². The number of carbonyl (C=O) groups excluding carboxylic acids is 1. The van der Waals surface area contributed by atoms with E-state index in [1.807, 2.05) is 31.3 Å². The van der Waals surface area contributed by atoms with Crippen molar-refractivity contribution < 1.29 is 9.21 Å². The molecule has 5 rings (SSSR count). The lowest BCUT2D eigenvalue weighted by molar-refractivity contribution is -0.132. The first kappa shape index (κ1) is 20.0. The lowest BCUT2D eigenvalue weighted by atomic mass is 10.0. The predicted molar refractivity (Wildman–Crippen MR) is 127 cm³/mol. The molecular formula is C26H26N2O2S. The Morgan fingerprint density at radius 1 is 1.10 bits per heavy atom. The number of piperidine rings is 1. The van der Waals surface area contributed by atoms with E-state index in [4.69, 9.17) is 4.42 Å². The van der Waals surface area contributed by atoms with Gasteiger partial charge in [0, 0.05) is 24.9 Å². The van der Waals surface area contributed by atoms with E-state index in [1.165, 1.54) is 10.8 Å². The van der Waals surface area contributed by atoms with Crippen molar-refractivity contribution in [3.8, 4) is 11.3 Å². The van der Waals surface area contributed by atoms with Gasteiger partial charge in [-0.3, -0.25) is 4.79 Å². The zero-order chi connectivity index (χ0) is 21.3. The van der Waals surface area contributed by atoms with Crippen LogP contribution in [0.5, 0.6) is 0 Å². The van der Waals surface area contributed by atoms with Crippen LogP contribution >= 0.6 is 11.8 Å². The van der Waals surface area contributed by atoms with Crippen LogP contribution in [0.25, 0.3) is 22.1 Å². The van der Waals surface area contributed by atoms with E-state index in [2.05, 4.69) is 58.0 Å². The Morgan fingerprint density at radius 3 is 2.74 bits per heavy atom. The molecule has 0 N–H and O–H groups in total. The van der Waals surface area contributed by atoms with E-state index < -0.39 is 0 Å². The van der Waals surface area contributed by atoms with Gasteiger partial charge in [-0.05, 0) is 48.7 Å². The molecule has 2 saturated heterocycles. The summed E-state index contributed by atoms with van der Waals surface area (Å²) in [6.45, 7) is 4.39. The molecule has 0 saturated carbocycles. The molecule has 0 aliphatic carbocycles. The Bertz CT molecular complexity index is 1160. The van der Waals surface area contributed by atoms with Gasteiger partial charge in [0.1, 0.15) is 11.5 Å². The number of nitrogens with zero attached hydrogens (tertiary/aromatic N) is 2. The minimum absolute atomic E-state index is 0.121. The Hall–Kier alpha value is -2.88. The molecule has 1 amide bonds. The molecule has 4 nitrogen and oxygen atoms in total. The number of furan rings is 1. The van der Waals surface area contributed by atoms with Crippen molar-refractivity contribution in [2.75, 3.05) is 18.8 Å². The number of carbonyl (C=O) groups is 1. The van der Waals surface area contributed by atoms with Crippen molar-refractivity contribution in [3.63, 3.8) is 0 Å². The standard InChI is InChI=1S/C26H26N2O2S/c1-2-3-15-27-16-13-26(14-17-27)28(25(29)19-31-26)18-21-11-12-24(30-21)23-10-6-8-20-7-4-5-9-22(20)23/h2,4-12,15H,13-14,16-19H2,1H3. The SMILES string of the molecule is CC=C=CN1CCC2(CC1)SCC(=O)N2Cc1ccc(-c2cccc3ccccc23)o1. The first-order valence-electron chi connectivity index (χ1n) is 10.8. The van der Waals surface area contributed by atoms with E-state index >= 15 is 0 Å². The van der Waals surface area contributed by atoms with E-state index in [9.17, 15) is 4.79 Å². The summed E-state index contributed by atoms with van der Waals surface area (Å²) >= 11 is 1.80. The average Bonchev–Trinajstić information content (AvgIpc) is 3.39. The van der Waals surface area contributed by atoms with Gasteiger partial charge in [-0.1, -0.05) is 42.5 Å². The molecular weight excluding hydrogens is 404 g/mol. The summed E-state index contributed by atoms with van der Waals surface area (Å²) < 4.78 is 6.26. The lowest BCUT2D eigenvalue weighted by Crippen LogP contribution is -2.50. The Balaban J connectivity index is 1.37. The van der Waals surface area contributed by atoms with Crippen LogP contribution in [0.1, 0.15) is 25.5 Å². The summed E-state index contributed by atoms with van der Waals surface area (Å²) in [5.74, 6) is 2.47. The zero-order valence-corrected chi connectivity index (χ0v) is 18.5. The van der Waals surface area contributed by atoms with Crippen LogP contribution in [0, 0.1) is 0 Å². The maximum Gasteiger partial charge on any atom is 0.234 e. The number of hydrogen-bond donors (Lipinski definition) is 0. The number of thioether (sulfide) groups is 1. The van der Waals surface area contributed by atoms with Crippen LogP contribution in [0.4, 0.5) is 0 Å². The summed E-state index contributed by atoms with van der Waals surface area (Å²) in [7, 11) is 0. The van der Waals surface area contributed by atoms with Crippen molar-refractivity contribution in [1.29, 1.82) is 0 Å². The molecule has 2 fully saturated rings. The van der Waals surface area contributed by atoms with Crippen LogP contribution in [0.2, 0.25) is 0 Å².